The number of hydrogen-bond donors (Lipinski definition) is 3. The molecule has 0 unspecified atom stereocenters. The molecule has 3 saturated carbocycles. The van der Waals surface area contributed by atoms with E-state index in [1.165, 1.54) is 4.90 Å². The van der Waals surface area contributed by atoms with Gasteiger partial charge in [0.1, 0.15) is 47.0 Å². The minimum atomic E-state index is -3.91. The molecule has 1 saturated heterocycles. The van der Waals surface area contributed by atoms with Gasteiger partial charge in [-0.15, -0.1) is 0 Å². The summed E-state index contributed by atoms with van der Waals surface area (Å²) in [7, 11) is -3.91. The summed E-state index contributed by atoms with van der Waals surface area (Å²) in [6.45, 7) is 1.73. The first-order valence-electron chi connectivity index (χ1n) is 20.7. The summed E-state index contributed by atoms with van der Waals surface area (Å²) in [5, 5.41) is 14.8. The van der Waals surface area contributed by atoms with E-state index >= 15 is 0 Å². The van der Waals surface area contributed by atoms with Gasteiger partial charge in [0.15, 0.2) is 5.65 Å². The van der Waals surface area contributed by atoms with Crippen molar-refractivity contribution in [3.63, 3.8) is 0 Å². The Morgan fingerprint density at radius 3 is 2.56 bits per heavy atom. The van der Waals surface area contributed by atoms with Crippen LogP contribution < -0.4 is 20.1 Å². The van der Waals surface area contributed by atoms with Crippen LogP contribution in [0.3, 0.4) is 0 Å². The van der Waals surface area contributed by atoms with Crippen LogP contribution in [0.5, 0.6) is 5.88 Å². The van der Waals surface area contributed by atoms with Crippen LogP contribution >= 0.6 is 0 Å². The first-order valence-corrected chi connectivity index (χ1v) is 22.2. The van der Waals surface area contributed by atoms with Gasteiger partial charge in [-0.3, -0.25) is 19.1 Å². The molecule has 5 aliphatic rings. The van der Waals surface area contributed by atoms with Crippen LogP contribution in [-0.4, -0.2) is 98.5 Å². The Morgan fingerprint density at radius 2 is 1.78 bits per heavy atom. The molecule has 3 aliphatic carbocycles. The summed E-state index contributed by atoms with van der Waals surface area (Å²) in [6, 6.07) is 8.79. The fourth-order valence-electron chi connectivity index (χ4n) is 8.66. The first kappa shape index (κ1) is 39.0. The molecule has 59 heavy (non-hydrogen) atoms. The summed E-state index contributed by atoms with van der Waals surface area (Å²) in [4.78, 5) is 62.7. The highest BCUT2D eigenvalue weighted by Crippen LogP contribution is 2.46. The molecular weight excluding hydrogens is 781 g/mol. The van der Waals surface area contributed by atoms with Gasteiger partial charge in [0, 0.05) is 29.9 Å². The van der Waals surface area contributed by atoms with Gasteiger partial charge in [0.25, 0.3) is 5.91 Å². The fourth-order valence-corrected chi connectivity index (χ4v) is 10.0. The average molecular weight is 829 g/mol. The Bertz CT molecular complexity index is 2440. The van der Waals surface area contributed by atoms with E-state index in [2.05, 4.69) is 20.5 Å². The van der Waals surface area contributed by atoms with Crippen molar-refractivity contribution in [1.82, 2.24) is 40.0 Å². The number of nitrogens with one attached hydrogen (secondary N) is 3. The third-order valence-corrected chi connectivity index (χ3v) is 14.0. The molecule has 0 radical (unpaired) electrons. The van der Waals surface area contributed by atoms with E-state index in [1.807, 2.05) is 36.4 Å². The van der Waals surface area contributed by atoms with Gasteiger partial charge in [0.2, 0.25) is 27.7 Å². The maximum absolute atomic E-state index is 14.7. The van der Waals surface area contributed by atoms with Gasteiger partial charge in [-0.25, -0.2) is 18.2 Å². The molecule has 4 aromatic rings. The molecule has 3 N–H and O–H groups in total. The number of rotatable bonds is 8. The maximum Gasteiger partial charge on any atom is 0.408 e. The molecule has 5 heterocycles. The normalized spacial score (nSPS) is 26.8. The molecule has 2 aliphatic heterocycles. The number of aryl methyl sites for hydroxylation is 1. The number of amides is 4. The molecule has 9 rings (SSSR count). The summed E-state index contributed by atoms with van der Waals surface area (Å²) in [6.07, 6.45) is 9.94. The second kappa shape index (κ2) is 15.6. The molecule has 4 fully saturated rings. The third-order valence-electron chi connectivity index (χ3n) is 12.1. The van der Waals surface area contributed by atoms with Crippen molar-refractivity contribution in [3.05, 3.63) is 54.3 Å². The van der Waals surface area contributed by atoms with Crippen molar-refractivity contribution in [1.29, 1.82) is 0 Å². The number of carbonyl (C=O) groups excluding carboxylic acids is 4. The van der Waals surface area contributed by atoms with Crippen LogP contribution in [0.1, 0.15) is 89.2 Å². The number of benzene rings is 1. The number of fused-ring (bicyclic) bond motifs is 5. The van der Waals surface area contributed by atoms with Crippen LogP contribution in [0.15, 0.2) is 53.1 Å². The Balaban J connectivity index is 1.05. The number of ether oxygens (including phenoxy) is 2. The second-order valence-electron chi connectivity index (χ2n) is 16.6. The number of allylic oxidation sites excluding steroid dienone is 1. The highest BCUT2D eigenvalue weighted by molar-refractivity contribution is 7.91. The molecule has 1 aromatic carbocycles. The number of sulfonamides is 1. The number of alkyl carbamates (subject to hydrolysis) is 1. The zero-order valence-corrected chi connectivity index (χ0v) is 33.6. The standard InChI is InChI=1S/C41H48N8O9S/c1-24-19-33(46-58-24)32-21-35(49-36(42-32)29-14-9-10-15-30(29)45-49)56-27-20-34-37(50)44-41(39(52)47-59(54,55)28-17-18-28)22-25(41)11-5-3-2-4-6-16-31(38(51)48(34)23-27)43-40(53)57-26-12-7-8-13-26/h5,9-11,14-15,19,21,25-28,31,34H,2-4,6-8,12-13,16-18,20,22-23H2,1H3,(H,43,53)(H,44,50)(H,47,52)/t25-,27-,31+,34+,41-/m1/s1. The van der Waals surface area contributed by atoms with Gasteiger partial charge in [-0.05, 0) is 83.3 Å². The van der Waals surface area contributed by atoms with Crippen molar-refractivity contribution in [2.24, 2.45) is 5.92 Å². The highest BCUT2D eigenvalue weighted by Gasteiger charge is 2.62. The van der Waals surface area contributed by atoms with Gasteiger partial charge < -0.3 is 29.5 Å². The average Bonchev–Trinajstić information content (AvgIpc) is 3.89. The largest absolute Gasteiger partial charge is 0.472 e. The van der Waals surface area contributed by atoms with E-state index in [4.69, 9.17) is 24.1 Å². The fraction of sp³-hybridized carbons (Fsp3) is 0.537. The Morgan fingerprint density at radius 1 is 0.983 bits per heavy atom. The van der Waals surface area contributed by atoms with Crippen LogP contribution in [0, 0.1) is 12.8 Å². The van der Waals surface area contributed by atoms with Crippen LogP contribution in [-0.2, 0) is 29.1 Å². The number of aromatic nitrogens is 4. The van der Waals surface area contributed by atoms with Crippen molar-refractivity contribution in [2.75, 3.05) is 6.54 Å². The lowest BCUT2D eigenvalue weighted by molar-refractivity contribution is -0.141. The van der Waals surface area contributed by atoms with Gasteiger partial charge in [0.05, 0.1) is 17.3 Å². The lowest BCUT2D eigenvalue weighted by Crippen LogP contribution is -2.58. The van der Waals surface area contributed by atoms with Gasteiger partial charge in [-0.2, -0.15) is 9.61 Å². The first-order chi connectivity index (χ1) is 28.5. The second-order valence-corrected chi connectivity index (χ2v) is 18.5. The quantitative estimate of drug-likeness (QED) is 0.213. The molecule has 18 heteroatoms. The molecular formula is C41H48N8O9S. The van der Waals surface area contributed by atoms with Crippen molar-refractivity contribution < 1.29 is 41.6 Å². The third kappa shape index (κ3) is 7.98. The molecule has 0 bridgehead atoms. The Kier molecular flexibility index (Phi) is 10.3. The van der Waals surface area contributed by atoms with Crippen molar-refractivity contribution in [3.8, 4) is 17.3 Å². The minimum absolute atomic E-state index is 0.0123. The number of carbonyl (C=O) groups is 4. The predicted octanol–water partition coefficient (Wildman–Crippen LogP) is 4.24. The van der Waals surface area contributed by atoms with Crippen LogP contribution in [0.25, 0.3) is 27.9 Å². The molecule has 5 atom stereocenters. The summed E-state index contributed by atoms with van der Waals surface area (Å²) in [5.74, 6) is -1.49. The molecule has 17 nitrogen and oxygen atoms in total. The minimum Gasteiger partial charge on any atom is -0.472 e. The molecule has 0 spiro atoms. The summed E-state index contributed by atoms with van der Waals surface area (Å²) >= 11 is 0. The predicted molar refractivity (Wildman–Crippen MR) is 212 cm³/mol. The van der Waals surface area contributed by atoms with E-state index in [-0.39, 0.29) is 31.4 Å². The van der Waals surface area contributed by atoms with E-state index in [9.17, 15) is 27.6 Å². The van der Waals surface area contributed by atoms with Crippen LogP contribution in [0.4, 0.5) is 4.79 Å². The summed E-state index contributed by atoms with van der Waals surface area (Å²) in [5.41, 5.74) is 0.590. The van der Waals surface area contributed by atoms with Gasteiger partial charge >= 0.3 is 6.09 Å². The molecule has 4 amide bonds. The van der Waals surface area contributed by atoms with E-state index in [1.54, 1.807) is 23.6 Å². The molecule has 3 aromatic heterocycles. The topological polar surface area (TPSA) is 216 Å². The zero-order chi connectivity index (χ0) is 40.9. The molecule has 312 valence electrons. The SMILES string of the molecule is Cc1cc(-c2cc(O[C@@H]3C[C@H]4C(=O)N[C@]5(C(=O)NS(=O)(=O)C6CC6)C[C@H]5C=CCCCCC[C@H](NC(=O)OC5CCCC5)C(=O)N4C3)n3nc4ccccc4c3n2)no1. The monoisotopic (exact) mass is 828 g/mol. The van der Waals surface area contributed by atoms with Crippen LogP contribution in [0.2, 0.25) is 0 Å². The lowest BCUT2D eigenvalue weighted by Gasteiger charge is -2.30. The zero-order valence-electron chi connectivity index (χ0n) is 32.8. The highest BCUT2D eigenvalue weighted by atomic mass is 32.2. The van der Waals surface area contributed by atoms with E-state index in [0.717, 1.165) is 43.9 Å². The Hall–Kier alpha value is -5.52. The van der Waals surface area contributed by atoms with Gasteiger partial charge in [-0.1, -0.05) is 42.3 Å². The smallest absolute Gasteiger partial charge is 0.408 e. The van der Waals surface area contributed by atoms with E-state index < -0.39 is 68.7 Å². The number of nitrogens with zero attached hydrogens (tertiary/aromatic N) is 5. The lowest BCUT2D eigenvalue weighted by atomic mass is 10.0. The van der Waals surface area contributed by atoms with Crippen molar-refractivity contribution >= 4 is 50.4 Å². The Labute approximate surface area is 340 Å². The summed E-state index contributed by atoms with van der Waals surface area (Å²) < 4.78 is 47.4. The van der Waals surface area contributed by atoms with Crippen molar-refractivity contribution in [2.45, 2.75) is 125 Å². The number of hydrogen-bond acceptors (Lipinski definition) is 12. The maximum atomic E-state index is 14.7. The van der Waals surface area contributed by atoms with E-state index in [0.29, 0.717) is 60.4 Å².